The first kappa shape index (κ1) is 18.2. The Hall–Kier alpha value is -2.56. The molecule has 0 fully saturated rings. The van der Waals surface area contributed by atoms with E-state index in [1.54, 1.807) is 25.1 Å². The van der Waals surface area contributed by atoms with Crippen molar-refractivity contribution in [1.82, 2.24) is 5.43 Å². The normalized spacial score (nSPS) is 12.3. The van der Waals surface area contributed by atoms with Gasteiger partial charge in [-0.15, -0.1) is 0 Å². The van der Waals surface area contributed by atoms with Gasteiger partial charge in [-0.2, -0.15) is 5.10 Å². The predicted molar refractivity (Wildman–Crippen MR) is 109 cm³/mol. The molecule has 4 nitrogen and oxygen atoms in total. The zero-order chi connectivity index (χ0) is 18.5. The maximum Gasteiger partial charge on any atom is 0.262 e. The molecular formula is C20H17Cl2N3O. The van der Waals surface area contributed by atoms with Gasteiger partial charge in [0.2, 0.25) is 0 Å². The number of hydrazone groups is 1. The van der Waals surface area contributed by atoms with Gasteiger partial charge in [0.05, 0.1) is 16.3 Å². The fraction of sp³-hybridized carbons (Fsp3) is 0.100. The second-order valence-corrected chi connectivity index (χ2v) is 6.65. The van der Waals surface area contributed by atoms with Crippen molar-refractivity contribution in [2.24, 2.45) is 5.10 Å². The van der Waals surface area contributed by atoms with Crippen LogP contribution in [0.2, 0.25) is 10.0 Å². The molecular weight excluding hydrogens is 369 g/mol. The SMILES string of the molecule is C[C@@H](Nc1ccc2ccccc2c1)C(=O)N/N=C\c1ccc(Cl)c(Cl)c1. The lowest BCUT2D eigenvalue weighted by molar-refractivity contribution is -0.121. The standard InChI is InChI=1S/C20H17Cl2N3O/c1-13(24-17-8-7-15-4-2-3-5-16(15)11-17)20(26)25-23-12-14-6-9-18(21)19(22)10-14/h2-13,24H,1H3,(H,25,26)/b23-12-/t13-/m1/s1. The van der Waals surface area contributed by atoms with Crippen LogP contribution in [0.5, 0.6) is 0 Å². The molecule has 0 saturated heterocycles. The lowest BCUT2D eigenvalue weighted by Gasteiger charge is -2.14. The molecule has 2 N–H and O–H groups in total. The number of nitrogens with one attached hydrogen (secondary N) is 2. The highest BCUT2D eigenvalue weighted by molar-refractivity contribution is 6.42. The van der Waals surface area contributed by atoms with E-state index in [2.05, 4.69) is 15.8 Å². The lowest BCUT2D eigenvalue weighted by Crippen LogP contribution is -2.34. The average Bonchev–Trinajstić information content (AvgIpc) is 2.64. The molecule has 0 heterocycles. The second kappa shape index (κ2) is 8.21. The highest BCUT2D eigenvalue weighted by atomic mass is 35.5. The minimum Gasteiger partial charge on any atom is -0.374 e. The first-order chi connectivity index (χ1) is 12.5. The molecule has 0 aliphatic heterocycles. The number of halogens is 2. The van der Waals surface area contributed by atoms with E-state index in [9.17, 15) is 4.79 Å². The van der Waals surface area contributed by atoms with Crippen molar-refractivity contribution >= 4 is 51.8 Å². The molecule has 26 heavy (non-hydrogen) atoms. The van der Waals surface area contributed by atoms with E-state index in [0.29, 0.717) is 10.0 Å². The van der Waals surface area contributed by atoms with Crippen molar-refractivity contribution in [3.8, 4) is 0 Å². The molecule has 0 saturated carbocycles. The van der Waals surface area contributed by atoms with Crippen LogP contribution in [0.1, 0.15) is 12.5 Å². The minimum atomic E-state index is -0.442. The fourth-order valence-corrected chi connectivity index (χ4v) is 2.76. The lowest BCUT2D eigenvalue weighted by atomic mass is 10.1. The third-order valence-corrected chi connectivity index (χ3v) is 4.60. The summed E-state index contributed by atoms with van der Waals surface area (Å²) in [5.74, 6) is -0.241. The number of amides is 1. The Morgan fingerprint density at radius 3 is 2.54 bits per heavy atom. The van der Waals surface area contributed by atoms with Gasteiger partial charge in [0.25, 0.3) is 5.91 Å². The largest absolute Gasteiger partial charge is 0.374 e. The molecule has 1 amide bonds. The number of nitrogens with zero attached hydrogens (tertiary/aromatic N) is 1. The van der Waals surface area contributed by atoms with Crippen LogP contribution >= 0.6 is 23.2 Å². The Labute approximate surface area is 161 Å². The molecule has 0 bridgehead atoms. The summed E-state index contributed by atoms with van der Waals surface area (Å²) in [6.07, 6.45) is 1.52. The topological polar surface area (TPSA) is 53.5 Å². The van der Waals surface area contributed by atoms with Gasteiger partial charge in [-0.05, 0) is 47.5 Å². The van der Waals surface area contributed by atoms with Gasteiger partial charge < -0.3 is 5.32 Å². The van der Waals surface area contributed by atoms with Crippen molar-refractivity contribution in [2.75, 3.05) is 5.32 Å². The van der Waals surface area contributed by atoms with Crippen LogP contribution in [0, 0.1) is 0 Å². The zero-order valence-electron chi connectivity index (χ0n) is 14.0. The Morgan fingerprint density at radius 2 is 1.77 bits per heavy atom. The van der Waals surface area contributed by atoms with Gasteiger partial charge in [-0.1, -0.05) is 59.6 Å². The zero-order valence-corrected chi connectivity index (χ0v) is 15.6. The number of hydrogen-bond donors (Lipinski definition) is 2. The highest BCUT2D eigenvalue weighted by Crippen LogP contribution is 2.22. The van der Waals surface area contributed by atoms with E-state index in [1.165, 1.54) is 6.21 Å². The summed E-state index contributed by atoms with van der Waals surface area (Å²) in [5, 5.41) is 10.3. The van der Waals surface area contributed by atoms with Crippen LogP contribution in [0.3, 0.4) is 0 Å². The second-order valence-electron chi connectivity index (χ2n) is 5.84. The van der Waals surface area contributed by atoms with Gasteiger partial charge in [0.1, 0.15) is 6.04 Å². The van der Waals surface area contributed by atoms with E-state index in [1.807, 2.05) is 42.5 Å². The maximum atomic E-state index is 12.2. The highest BCUT2D eigenvalue weighted by Gasteiger charge is 2.11. The predicted octanol–water partition coefficient (Wildman–Crippen LogP) is 5.10. The molecule has 0 radical (unpaired) electrons. The Bertz CT molecular complexity index is 972. The van der Waals surface area contributed by atoms with Crippen LogP contribution in [-0.2, 0) is 4.79 Å². The van der Waals surface area contributed by atoms with Crippen molar-refractivity contribution in [3.05, 3.63) is 76.3 Å². The molecule has 1 atom stereocenters. The summed E-state index contributed by atoms with van der Waals surface area (Å²) in [5.41, 5.74) is 4.13. The van der Waals surface area contributed by atoms with Crippen LogP contribution < -0.4 is 10.7 Å². The Balaban J connectivity index is 1.59. The number of fused-ring (bicyclic) bond motifs is 1. The van der Waals surface area contributed by atoms with Crippen molar-refractivity contribution in [2.45, 2.75) is 13.0 Å². The number of carbonyl (C=O) groups is 1. The molecule has 3 rings (SSSR count). The van der Waals surface area contributed by atoms with Gasteiger partial charge in [-0.25, -0.2) is 5.43 Å². The summed E-state index contributed by atoms with van der Waals surface area (Å²) < 4.78 is 0. The number of hydrogen-bond acceptors (Lipinski definition) is 3. The van der Waals surface area contributed by atoms with Gasteiger partial charge in [0, 0.05) is 5.69 Å². The number of anilines is 1. The van der Waals surface area contributed by atoms with Crippen molar-refractivity contribution in [1.29, 1.82) is 0 Å². The maximum absolute atomic E-state index is 12.2. The Morgan fingerprint density at radius 1 is 1.00 bits per heavy atom. The molecule has 3 aromatic rings. The van der Waals surface area contributed by atoms with E-state index in [4.69, 9.17) is 23.2 Å². The molecule has 6 heteroatoms. The monoisotopic (exact) mass is 385 g/mol. The summed E-state index contributed by atoms with van der Waals surface area (Å²) in [7, 11) is 0. The first-order valence-corrected chi connectivity index (χ1v) is 8.82. The van der Waals surface area contributed by atoms with Crippen LogP contribution in [-0.4, -0.2) is 18.2 Å². The number of benzene rings is 3. The van der Waals surface area contributed by atoms with E-state index < -0.39 is 6.04 Å². The number of carbonyl (C=O) groups excluding carboxylic acids is 1. The minimum absolute atomic E-state index is 0.241. The van der Waals surface area contributed by atoms with E-state index in [-0.39, 0.29) is 5.91 Å². The molecule has 0 aliphatic carbocycles. The summed E-state index contributed by atoms with van der Waals surface area (Å²) in [6, 6.07) is 18.7. The summed E-state index contributed by atoms with van der Waals surface area (Å²) >= 11 is 11.8. The fourth-order valence-electron chi connectivity index (χ4n) is 2.45. The van der Waals surface area contributed by atoms with Crippen molar-refractivity contribution in [3.63, 3.8) is 0 Å². The summed E-state index contributed by atoms with van der Waals surface area (Å²) in [6.45, 7) is 1.78. The smallest absolute Gasteiger partial charge is 0.262 e. The van der Waals surface area contributed by atoms with Crippen LogP contribution in [0.15, 0.2) is 65.8 Å². The van der Waals surface area contributed by atoms with Crippen LogP contribution in [0.4, 0.5) is 5.69 Å². The molecule has 132 valence electrons. The van der Waals surface area contributed by atoms with E-state index >= 15 is 0 Å². The summed E-state index contributed by atoms with van der Waals surface area (Å²) in [4.78, 5) is 12.2. The molecule has 0 unspecified atom stereocenters. The quantitative estimate of drug-likeness (QED) is 0.474. The Kier molecular flexibility index (Phi) is 5.76. The van der Waals surface area contributed by atoms with E-state index in [0.717, 1.165) is 22.0 Å². The van der Waals surface area contributed by atoms with Gasteiger partial charge >= 0.3 is 0 Å². The molecule has 0 aliphatic rings. The first-order valence-electron chi connectivity index (χ1n) is 8.06. The average molecular weight is 386 g/mol. The third kappa shape index (κ3) is 4.54. The molecule has 0 spiro atoms. The van der Waals surface area contributed by atoms with Crippen molar-refractivity contribution < 1.29 is 4.79 Å². The van der Waals surface area contributed by atoms with Crippen LogP contribution in [0.25, 0.3) is 10.8 Å². The number of rotatable bonds is 5. The van der Waals surface area contributed by atoms with Gasteiger partial charge in [-0.3, -0.25) is 4.79 Å². The van der Waals surface area contributed by atoms with Gasteiger partial charge in [0.15, 0.2) is 0 Å². The third-order valence-electron chi connectivity index (χ3n) is 3.86. The molecule has 0 aromatic heterocycles. The molecule has 3 aromatic carbocycles.